The largest absolute Gasteiger partial charge is 0.465 e. The molecule has 0 spiro atoms. The lowest BCUT2D eigenvalue weighted by atomic mass is 10.2. The number of esters is 1. The van der Waals surface area contributed by atoms with Crippen LogP contribution in [0, 0.1) is 0 Å². The van der Waals surface area contributed by atoms with Crippen molar-refractivity contribution in [1.82, 2.24) is 5.32 Å². The summed E-state index contributed by atoms with van der Waals surface area (Å²) in [5, 5.41) is 7.72. The number of hydrogen-bond donors (Lipinski definition) is 2. The van der Waals surface area contributed by atoms with Gasteiger partial charge >= 0.3 is 5.97 Å². The summed E-state index contributed by atoms with van der Waals surface area (Å²) in [7, 11) is 1.31. The van der Waals surface area contributed by atoms with E-state index in [9.17, 15) is 4.79 Å². The minimum absolute atomic E-state index is 0.291. The predicted molar refractivity (Wildman–Crippen MR) is 115 cm³/mol. The molecule has 0 aliphatic heterocycles. The Balaban J connectivity index is 1.74. The van der Waals surface area contributed by atoms with Crippen LogP contribution in [0.5, 0.6) is 0 Å². The van der Waals surface area contributed by atoms with Crippen LogP contribution in [0.3, 0.4) is 0 Å². The second kappa shape index (κ2) is 10.6. The van der Waals surface area contributed by atoms with Gasteiger partial charge in [-0.05, 0) is 48.1 Å². The molecule has 2 rings (SSSR count). The fourth-order valence-corrected chi connectivity index (χ4v) is 3.53. The number of methoxy groups -OCH3 is 1. The topological polar surface area (TPSA) is 50.4 Å². The summed E-state index contributed by atoms with van der Waals surface area (Å²) in [4.78, 5) is 11.7. The molecule has 0 aliphatic rings. The molecule has 26 heavy (non-hydrogen) atoms. The number of rotatable bonds is 7. The van der Waals surface area contributed by atoms with Crippen molar-refractivity contribution in [1.29, 1.82) is 0 Å². The monoisotopic (exact) mass is 428 g/mol. The van der Waals surface area contributed by atoms with E-state index in [0.29, 0.717) is 27.9 Å². The summed E-state index contributed by atoms with van der Waals surface area (Å²) in [5.74, 6) is 1.29. The number of benzene rings is 2. The molecule has 0 atom stereocenters. The first-order chi connectivity index (χ1) is 12.5. The number of carbonyl (C=O) groups is 1. The maximum absolute atomic E-state index is 11.7. The van der Waals surface area contributed by atoms with Crippen molar-refractivity contribution in [2.75, 3.05) is 24.7 Å². The van der Waals surface area contributed by atoms with Gasteiger partial charge in [-0.1, -0.05) is 35.3 Å². The van der Waals surface area contributed by atoms with Crippen molar-refractivity contribution in [3.63, 3.8) is 0 Å². The van der Waals surface area contributed by atoms with E-state index >= 15 is 0 Å². The molecular formula is C18H18Cl2N2O2S2. The third kappa shape index (κ3) is 6.68. The molecule has 2 aromatic rings. The Morgan fingerprint density at radius 1 is 1.23 bits per heavy atom. The van der Waals surface area contributed by atoms with Gasteiger partial charge in [0, 0.05) is 28.8 Å². The molecule has 2 N–H and O–H groups in total. The van der Waals surface area contributed by atoms with Crippen LogP contribution in [0.1, 0.15) is 15.9 Å². The van der Waals surface area contributed by atoms with Crippen molar-refractivity contribution < 1.29 is 9.53 Å². The number of thiocarbonyl (C=S) groups is 1. The first-order valence-corrected chi connectivity index (χ1v) is 10.1. The van der Waals surface area contributed by atoms with Gasteiger partial charge in [0.05, 0.1) is 17.7 Å². The molecule has 8 heteroatoms. The number of hydrogen-bond acceptors (Lipinski definition) is 4. The Labute approximate surface area is 172 Å². The molecule has 4 nitrogen and oxygen atoms in total. The van der Waals surface area contributed by atoms with Crippen molar-refractivity contribution >= 4 is 64.0 Å². The van der Waals surface area contributed by atoms with Crippen LogP contribution in [-0.4, -0.2) is 30.5 Å². The maximum Gasteiger partial charge on any atom is 0.339 e. The summed E-state index contributed by atoms with van der Waals surface area (Å²) in [6, 6.07) is 12.8. The number of nitrogens with one attached hydrogen (secondary N) is 2. The smallest absolute Gasteiger partial charge is 0.339 e. The molecule has 0 aliphatic carbocycles. The molecule has 0 unspecified atom stereocenters. The van der Waals surface area contributed by atoms with E-state index in [2.05, 4.69) is 16.7 Å². The van der Waals surface area contributed by atoms with Crippen molar-refractivity contribution in [2.24, 2.45) is 0 Å². The van der Waals surface area contributed by atoms with E-state index in [-0.39, 0.29) is 0 Å². The second-order valence-corrected chi connectivity index (χ2v) is 7.61. The summed E-state index contributed by atoms with van der Waals surface area (Å²) < 4.78 is 4.70. The first kappa shape index (κ1) is 20.8. The number of thioether (sulfide) groups is 1. The zero-order valence-corrected chi connectivity index (χ0v) is 17.2. The van der Waals surface area contributed by atoms with E-state index in [0.717, 1.165) is 16.5 Å². The van der Waals surface area contributed by atoms with Crippen molar-refractivity contribution in [2.45, 2.75) is 5.75 Å². The Morgan fingerprint density at radius 2 is 2.04 bits per heavy atom. The van der Waals surface area contributed by atoms with Crippen molar-refractivity contribution in [3.05, 3.63) is 63.6 Å². The fourth-order valence-electron chi connectivity index (χ4n) is 2.10. The average Bonchev–Trinajstić information content (AvgIpc) is 2.62. The molecule has 0 aromatic heterocycles. The molecule has 0 fully saturated rings. The molecule has 2 aromatic carbocycles. The highest BCUT2D eigenvalue weighted by Gasteiger charge is 2.11. The predicted octanol–water partition coefficient (Wildman–Crippen LogP) is 5.00. The number of ether oxygens (including phenoxy) is 1. The van der Waals surface area contributed by atoms with Crippen LogP contribution in [-0.2, 0) is 10.5 Å². The minimum Gasteiger partial charge on any atom is -0.465 e. The molecule has 0 heterocycles. The average molecular weight is 429 g/mol. The van der Waals surface area contributed by atoms with Gasteiger partial charge in [0.1, 0.15) is 0 Å². The Hall–Kier alpha value is -1.47. The highest BCUT2D eigenvalue weighted by molar-refractivity contribution is 7.98. The first-order valence-electron chi connectivity index (χ1n) is 7.74. The number of halogens is 2. The molecular weight excluding hydrogens is 411 g/mol. The Morgan fingerprint density at radius 3 is 2.77 bits per heavy atom. The lowest BCUT2D eigenvalue weighted by Crippen LogP contribution is -2.30. The van der Waals surface area contributed by atoms with E-state index in [1.54, 1.807) is 30.0 Å². The van der Waals surface area contributed by atoms with E-state index in [1.165, 1.54) is 12.7 Å². The molecule has 0 radical (unpaired) electrons. The van der Waals surface area contributed by atoms with E-state index < -0.39 is 5.97 Å². The fraction of sp³-hybridized carbons (Fsp3) is 0.222. The summed E-state index contributed by atoms with van der Waals surface area (Å²) in [5.41, 5.74) is 2.15. The molecule has 0 saturated heterocycles. The molecule has 0 saturated carbocycles. The van der Waals surface area contributed by atoms with Crippen LogP contribution < -0.4 is 10.6 Å². The third-order valence-electron chi connectivity index (χ3n) is 3.32. The Bertz CT molecular complexity index is 788. The SMILES string of the molecule is COC(=O)c1cc(NC(=S)NCCSCc2cccc(Cl)c2)ccc1Cl. The number of anilines is 1. The van der Waals surface area contributed by atoms with Crippen LogP contribution in [0.25, 0.3) is 0 Å². The number of carbonyl (C=O) groups excluding carboxylic acids is 1. The molecule has 0 bridgehead atoms. The van der Waals surface area contributed by atoms with Crippen LogP contribution >= 0.6 is 47.2 Å². The Kier molecular flexibility index (Phi) is 8.51. The summed E-state index contributed by atoms with van der Waals surface area (Å²) in [6.45, 7) is 0.717. The highest BCUT2D eigenvalue weighted by atomic mass is 35.5. The summed E-state index contributed by atoms with van der Waals surface area (Å²) >= 11 is 19.0. The van der Waals surface area contributed by atoms with Gasteiger partial charge in [-0.25, -0.2) is 4.79 Å². The van der Waals surface area contributed by atoms with Crippen molar-refractivity contribution in [3.8, 4) is 0 Å². The van der Waals surface area contributed by atoms with Gasteiger partial charge < -0.3 is 15.4 Å². The third-order valence-corrected chi connectivity index (χ3v) is 5.16. The highest BCUT2D eigenvalue weighted by Crippen LogP contribution is 2.21. The zero-order valence-electron chi connectivity index (χ0n) is 14.1. The van der Waals surface area contributed by atoms with Gasteiger partial charge in [-0.2, -0.15) is 11.8 Å². The standard InChI is InChI=1S/C18H18Cl2N2O2S2/c1-24-17(23)15-10-14(5-6-16(15)20)22-18(25)21-7-8-26-11-12-3-2-4-13(19)9-12/h2-6,9-10H,7-8,11H2,1H3,(H2,21,22,25). The minimum atomic E-state index is -0.491. The quantitative estimate of drug-likeness (QED) is 0.367. The van der Waals surface area contributed by atoms with Gasteiger partial charge in [-0.15, -0.1) is 0 Å². The maximum atomic E-state index is 11.7. The summed E-state index contributed by atoms with van der Waals surface area (Å²) in [6.07, 6.45) is 0. The van der Waals surface area contributed by atoms with Crippen LogP contribution in [0.4, 0.5) is 5.69 Å². The van der Waals surface area contributed by atoms with Gasteiger partial charge in [0.2, 0.25) is 0 Å². The van der Waals surface area contributed by atoms with Crippen LogP contribution in [0.15, 0.2) is 42.5 Å². The van der Waals surface area contributed by atoms with Gasteiger partial charge in [-0.3, -0.25) is 0 Å². The molecule has 138 valence electrons. The van der Waals surface area contributed by atoms with E-state index in [4.69, 9.17) is 40.2 Å². The lowest BCUT2D eigenvalue weighted by Gasteiger charge is -2.12. The normalized spacial score (nSPS) is 10.3. The van der Waals surface area contributed by atoms with E-state index in [1.807, 2.05) is 18.2 Å². The second-order valence-electron chi connectivity index (χ2n) is 5.25. The molecule has 0 amide bonds. The van der Waals surface area contributed by atoms with Gasteiger partial charge in [0.15, 0.2) is 5.11 Å². The van der Waals surface area contributed by atoms with Gasteiger partial charge in [0.25, 0.3) is 0 Å². The van der Waals surface area contributed by atoms with Crippen LogP contribution in [0.2, 0.25) is 10.0 Å². The zero-order chi connectivity index (χ0) is 18.9. The lowest BCUT2D eigenvalue weighted by molar-refractivity contribution is 0.0601.